The van der Waals surface area contributed by atoms with E-state index in [1.54, 1.807) is 40.7 Å². The van der Waals surface area contributed by atoms with Crippen LogP contribution in [-0.2, 0) is 10.0 Å². The van der Waals surface area contributed by atoms with Crippen LogP contribution in [-0.4, -0.2) is 49.6 Å². The minimum absolute atomic E-state index is 0.0312. The van der Waals surface area contributed by atoms with Gasteiger partial charge in [0.05, 0.1) is 4.90 Å². The largest absolute Gasteiger partial charge is 0.486 e. The molecular weight excluding hydrogens is 470 g/mol. The number of hydrogen-bond acceptors (Lipinski definition) is 7. The Morgan fingerprint density at radius 3 is 2.60 bits per heavy atom. The van der Waals surface area contributed by atoms with E-state index >= 15 is 0 Å². The predicted octanol–water partition coefficient (Wildman–Crippen LogP) is 4.32. The maximum absolute atomic E-state index is 13.1. The second-order valence-corrected chi connectivity index (χ2v) is 10.5. The van der Waals surface area contributed by atoms with Crippen LogP contribution >= 0.6 is 0 Å². The van der Waals surface area contributed by atoms with Gasteiger partial charge in [0.15, 0.2) is 23.0 Å². The van der Waals surface area contributed by atoms with E-state index < -0.39 is 15.9 Å². The summed E-state index contributed by atoms with van der Waals surface area (Å²) >= 11 is 0. The number of hydrogen-bond donors (Lipinski definition) is 1. The first kappa shape index (κ1) is 23.4. The number of carbonyl (C=O) groups is 1. The molecule has 1 atom stereocenters. The van der Waals surface area contributed by atoms with Crippen LogP contribution in [0.2, 0.25) is 0 Å². The lowest BCUT2D eigenvalue weighted by Crippen LogP contribution is -2.43. The standard InChI is InChI=1S/C25H27N3O6S/c1-2-19-5-3-4-12-28(19)35(30,31)20-9-7-18(8-10-20)26-25(29)21-16-23(34-27-21)17-6-11-22-24(15-17)33-14-13-32-22/h6-11,15-16,19H,2-5,12-14H2,1H3,(H,26,29)/t19-/m0/s1. The summed E-state index contributed by atoms with van der Waals surface area (Å²) in [6, 6.07) is 13.2. The van der Waals surface area contributed by atoms with Crippen molar-refractivity contribution >= 4 is 21.6 Å². The zero-order valence-corrected chi connectivity index (χ0v) is 20.2. The van der Waals surface area contributed by atoms with Crippen LogP contribution in [0.3, 0.4) is 0 Å². The number of ether oxygens (including phenoxy) is 2. The van der Waals surface area contributed by atoms with Crippen molar-refractivity contribution in [1.82, 2.24) is 9.46 Å². The van der Waals surface area contributed by atoms with Gasteiger partial charge in [0.2, 0.25) is 10.0 Å². The van der Waals surface area contributed by atoms with Gasteiger partial charge in [0.1, 0.15) is 13.2 Å². The number of piperidine rings is 1. The normalized spacial score (nSPS) is 18.3. The minimum atomic E-state index is -3.58. The van der Waals surface area contributed by atoms with E-state index in [9.17, 15) is 13.2 Å². The van der Waals surface area contributed by atoms with E-state index in [4.69, 9.17) is 14.0 Å². The number of benzene rings is 2. The summed E-state index contributed by atoms with van der Waals surface area (Å²) in [6.07, 6.45) is 3.60. The number of rotatable bonds is 6. The number of fused-ring (bicyclic) bond motifs is 1. The Labute approximate surface area is 204 Å². The van der Waals surface area contributed by atoms with Crippen LogP contribution in [0.4, 0.5) is 5.69 Å². The first-order valence-corrected chi connectivity index (χ1v) is 13.2. The van der Waals surface area contributed by atoms with Gasteiger partial charge in [-0.05, 0) is 61.7 Å². The molecule has 5 rings (SSSR count). The minimum Gasteiger partial charge on any atom is -0.486 e. The van der Waals surface area contributed by atoms with Crippen LogP contribution in [0.25, 0.3) is 11.3 Å². The first-order chi connectivity index (χ1) is 17.0. The average molecular weight is 498 g/mol. The molecule has 184 valence electrons. The molecule has 0 saturated carbocycles. The van der Waals surface area contributed by atoms with Crippen molar-refractivity contribution in [2.75, 3.05) is 25.1 Å². The fourth-order valence-electron chi connectivity index (χ4n) is 4.45. The molecule has 3 aromatic rings. The van der Waals surface area contributed by atoms with Crippen molar-refractivity contribution in [1.29, 1.82) is 0 Å². The highest BCUT2D eigenvalue weighted by atomic mass is 32.2. The fraction of sp³-hybridized carbons (Fsp3) is 0.360. The van der Waals surface area contributed by atoms with Crippen molar-refractivity contribution in [3.05, 3.63) is 54.2 Å². The lowest BCUT2D eigenvalue weighted by atomic mass is 10.0. The van der Waals surface area contributed by atoms with Crippen LogP contribution in [0.15, 0.2) is 57.9 Å². The number of amides is 1. The van der Waals surface area contributed by atoms with Gasteiger partial charge in [0, 0.05) is 29.9 Å². The van der Waals surface area contributed by atoms with Gasteiger partial charge >= 0.3 is 0 Å². The Hall–Kier alpha value is -3.37. The molecule has 0 unspecified atom stereocenters. The number of carbonyl (C=O) groups excluding carboxylic acids is 1. The van der Waals surface area contributed by atoms with Gasteiger partial charge in [0.25, 0.3) is 5.91 Å². The van der Waals surface area contributed by atoms with E-state index in [1.807, 2.05) is 6.92 Å². The highest BCUT2D eigenvalue weighted by molar-refractivity contribution is 7.89. The lowest BCUT2D eigenvalue weighted by Gasteiger charge is -2.34. The van der Waals surface area contributed by atoms with Crippen molar-refractivity contribution < 1.29 is 27.2 Å². The average Bonchev–Trinajstić information content (AvgIpc) is 3.39. The SMILES string of the molecule is CC[C@H]1CCCCN1S(=O)(=O)c1ccc(NC(=O)c2cc(-c3ccc4c(c3)OCCO4)on2)cc1. The highest BCUT2D eigenvalue weighted by Gasteiger charge is 2.32. The summed E-state index contributed by atoms with van der Waals surface area (Å²) in [7, 11) is -3.58. The molecule has 10 heteroatoms. The molecule has 2 aromatic carbocycles. The predicted molar refractivity (Wildman–Crippen MR) is 129 cm³/mol. The molecule has 2 aliphatic heterocycles. The second-order valence-electron chi connectivity index (χ2n) is 8.59. The van der Waals surface area contributed by atoms with Crippen molar-refractivity contribution in [2.45, 2.75) is 43.5 Å². The molecule has 0 aliphatic carbocycles. The highest BCUT2D eigenvalue weighted by Crippen LogP contribution is 2.35. The van der Waals surface area contributed by atoms with Gasteiger partial charge in [-0.15, -0.1) is 0 Å². The maximum Gasteiger partial charge on any atom is 0.277 e. The third kappa shape index (κ3) is 4.76. The molecule has 1 N–H and O–H groups in total. The number of nitrogens with one attached hydrogen (secondary N) is 1. The van der Waals surface area contributed by atoms with Crippen LogP contribution in [0, 0.1) is 0 Å². The Morgan fingerprint density at radius 2 is 1.83 bits per heavy atom. The second kappa shape index (κ2) is 9.71. The number of anilines is 1. The van der Waals surface area contributed by atoms with Crippen LogP contribution < -0.4 is 14.8 Å². The van der Waals surface area contributed by atoms with Crippen molar-refractivity contribution in [3.63, 3.8) is 0 Å². The summed E-state index contributed by atoms with van der Waals surface area (Å²) in [4.78, 5) is 12.9. The molecular formula is C25H27N3O6S. The topological polar surface area (TPSA) is 111 Å². The van der Waals surface area contributed by atoms with Gasteiger partial charge in [-0.1, -0.05) is 18.5 Å². The third-order valence-corrected chi connectivity index (χ3v) is 8.30. The Morgan fingerprint density at radius 1 is 1.06 bits per heavy atom. The van der Waals surface area contributed by atoms with E-state index in [0.29, 0.717) is 48.3 Å². The molecule has 35 heavy (non-hydrogen) atoms. The summed E-state index contributed by atoms with van der Waals surface area (Å²) in [6.45, 7) is 3.53. The monoisotopic (exact) mass is 497 g/mol. The van der Waals surface area contributed by atoms with E-state index in [0.717, 1.165) is 25.7 Å². The zero-order valence-electron chi connectivity index (χ0n) is 19.4. The Balaban J connectivity index is 1.27. The molecule has 9 nitrogen and oxygen atoms in total. The molecule has 3 heterocycles. The molecule has 0 radical (unpaired) electrons. The Bertz CT molecular complexity index is 1320. The fourth-order valence-corrected chi connectivity index (χ4v) is 6.22. The Kier molecular flexibility index (Phi) is 6.48. The zero-order chi connectivity index (χ0) is 24.4. The summed E-state index contributed by atoms with van der Waals surface area (Å²) in [5.41, 5.74) is 1.27. The van der Waals surface area contributed by atoms with Crippen LogP contribution in [0.1, 0.15) is 43.1 Å². The quantitative estimate of drug-likeness (QED) is 0.540. The molecule has 1 amide bonds. The number of aromatic nitrogens is 1. The molecule has 2 aliphatic rings. The number of nitrogens with zero attached hydrogens (tertiary/aromatic N) is 2. The molecule has 1 saturated heterocycles. The van der Waals surface area contributed by atoms with Gasteiger partial charge in [-0.25, -0.2) is 8.42 Å². The van der Waals surface area contributed by atoms with Crippen molar-refractivity contribution in [3.8, 4) is 22.8 Å². The smallest absolute Gasteiger partial charge is 0.277 e. The number of sulfonamides is 1. The van der Waals surface area contributed by atoms with Gasteiger partial charge in [-0.2, -0.15) is 4.31 Å². The van der Waals surface area contributed by atoms with E-state index in [-0.39, 0.29) is 16.6 Å². The summed E-state index contributed by atoms with van der Waals surface area (Å²) < 4.78 is 44.4. The van der Waals surface area contributed by atoms with E-state index in [2.05, 4.69) is 10.5 Å². The summed E-state index contributed by atoms with van der Waals surface area (Å²) in [5, 5.41) is 6.61. The first-order valence-electron chi connectivity index (χ1n) is 11.8. The molecule has 0 spiro atoms. The van der Waals surface area contributed by atoms with Crippen molar-refractivity contribution in [2.24, 2.45) is 0 Å². The lowest BCUT2D eigenvalue weighted by molar-refractivity contribution is 0.101. The van der Waals surface area contributed by atoms with Gasteiger partial charge in [-0.3, -0.25) is 4.79 Å². The van der Waals surface area contributed by atoms with Gasteiger partial charge < -0.3 is 19.3 Å². The molecule has 1 aromatic heterocycles. The summed E-state index contributed by atoms with van der Waals surface area (Å²) in [5.74, 6) is 1.23. The van der Waals surface area contributed by atoms with E-state index in [1.165, 1.54) is 12.1 Å². The molecule has 1 fully saturated rings. The maximum atomic E-state index is 13.1. The third-order valence-electron chi connectivity index (χ3n) is 6.33. The van der Waals surface area contributed by atoms with Crippen LogP contribution in [0.5, 0.6) is 11.5 Å². The molecule has 0 bridgehead atoms.